The molecule has 1 amide bonds. The third-order valence-electron chi connectivity index (χ3n) is 5.00. The van der Waals surface area contributed by atoms with Crippen LogP contribution in [0.4, 0.5) is 0 Å². The highest BCUT2D eigenvalue weighted by Crippen LogP contribution is 2.24. The zero-order valence-electron chi connectivity index (χ0n) is 15.5. The number of nitrogens with one attached hydrogen (secondary N) is 1. The van der Waals surface area contributed by atoms with Crippen molar-refractivity contribution in [3.63, 3.8) is 0 Å². The number of likely N-dealkylation sites (tertiary alicyclic amines) is 1. The number of aryl methyl sites for hydroxylation is 1. The van der Waals surface area contributed by atoms with Gasteiger partial charge in [0.25, 0.3) is 5.91 Å². The Morgan fingerprint density at radius 3 is 2.28 bits per heavy atom. The van der Waals surface area contributed by atoms with Crippen molar-refractivity contribution in [3.8, 4) is 0 Å². The Morgan fingerprint density at radius 1 is 1.28 bits per heavy atom. The number of hydrogen-bond acceptors (Lipinski definition) is 4. The van der Waals surface area contributed by atoms with Gasteiger partial charge < -0.3 is 9.88 Å². The normalized spacial score (nSPS) is 16.5. The van der Waals surface area contributed by atoms with Crippen LogP contribution in [0, 0.1) is 6.92 Å². The number of nitrogens with zero attached hydrogens (tertiary/aromatic N) is 2. The van der Waals surface area contributed by atoms with Crippen molar-refractivity contribution < 1.29 is 18.0 Å². The second-order valence-corrected chi connectivity index (χ2v) is 8.73. The summed E-state index contributed by atoms with van der Waals surface area (Å²) in [5.41, 5.74) is 2.59. The molecule has 0 bridgehead atoms. The lowest BCUT2D eigenvalue weighted by Gasteiger charge is -2.35. The fourth-order valence-electron chi connectivity index (χ4n) is 3.55. The van der Waals surface area contributed by atoms with E-state index in [-0.39, 0.29) is 17.7 Å². The van der Waals surface area contributed by atoms with Crippen LogP contribution in [0.2, 0.25) is 0 Å². The van der Waals surface area contributed by atoms with Crippen LogP contribution in [0.1, 0.15) is 58.8 Å². The van der Waals surface area contributed by atoms with Crippen molar-refractivity contribution in [1.82, 2.24) is 14.2 Å². The van der Waals surface area contributed by atoms with Gasteiger partial charge in [-0.15, -0.1) is 0 Å². The van der Waals surface area contributed by atoms with Crippen LogP contribution in [0.15, 0.2) is 0 Å². The first kappa shape index (κ1) is 19.7. The molecule has 0 unspecified atom stereocenters. The lowest BCUT2D eigenvalue weighted by Crippen LogP contribution is -2.47. The number of H-pyrrole nitrogens is 1. The standard InChI is InChI=1S/C17H27N3O4S/c1-6-14-15(12(3)21)11(2)18-16(14)17(22)20-9-7-13(8-10-20)19(4)25(5,23)24/h13,18H,6-10H2,1-5H3. The van der Waals surface area contributed by atoms with Gasteiger partial charge in [-0.25, -0.2) is 12.7 Å². The highest BCUT2D eigenvalue weighted by Gasteiger charge is 2.31. The molecule has 2 heterocycles. The third-order valence-corrected chi connectivity index (χ3v) is 6.34. The largest absolute Gasteiger partial charge is 0.354 e. The molecule has 2 rings (SSSR count). The van der Waals surface area contributed by atoms with Gasteiger partial charge in [0.05, 0.1) is 6.26 Å². The van der Waals surface area contributed by atoms with Gasteiger partial charge in [0.2, 0.25) is 10.0 Å². The smallest absolute Gasteiger partial charge is 0.270 e. The van der Waals surface area contributed by atoms with E-state index < -0.39 is 10.0 Å². The van der Waals surface area contributed by atoms with Crippen LogP contribution >= 0.6 is 0 Å². The number of amides is 1. The average molecular weight is 369 g/mol. The Labute approximate surface area is 149 Å². The quantitative estimate of drug-likeness (QED) is 0.798. The van der Waals surface area contributed by atoms with Crippen molar-refractivity contribution in [1.29, 1.82) is 0 Å². The molecule has 25 heavy (non-hydrogen) atoms. The van der Waals surface area contributed by atoms with Crippen molar-refractivity contribution in [3.05, 3.63) is 22.5 Å². The van der Waals surface area contributed by atoms with E-state index in [0.717, 1.165) is 11.3 Å². The fourth-order valence-corrected chi connectivity index (χ4v) is 4.30. The topological polar surface area (TPSA) is 90.6 Å². The summed E-state index contributed by atoms with van der Waals surface area (Å²) >= 11 is 0. The van der Waals surface area contributed by atoms with E-state index in [0.29, 0.717) is 43.6 Å². The molecule has 1 aromatic rings. The van der Waals surface area contributed by atoms with Gasteiger partial charge in [0.15, 0.2) is 5.78 Å². The van der Waals surface area contributed by atoms with Gasteiger partial charge in [0.1, 0.15) is 5.69 Å². The van der Waals surface area contributed by atoms with Gasteiger partial charge in [-0.2, -0.15) is 0 Å². The number of sulfonamides is 1. The minimum Gasteiger partial charge on any atom is -0.354 e. The Hall–Kier alpha value is -1.67. The highest BCUT2D eigenvalue weighted by atomic mass is 32.2. The summed E-state index contributed by atoms with van der Waals surface area (Å²) in [5.74, 6) is -0.161. The van der Waals surface area contributed by atoms with Crippen LogP contribution in [-0.2, 0) is 16.4 Å². The van der Waals surface area contributed by atoms with Crippen LogP contribution in [0.5, 0.6) is 0 Å². The van der Waals surface area contributed by atoms with Gasteiger partial charge in [-0.1, -0.05) is 6.92 Å². The second-order valence-electron chi connectivity index (χ2n) is 6.69. The molecule has 8 heteroatoms. The number of aromatic nitrogens is 1. The summed E-state index contributed by atoms with van der Waals surface area (Å²) in [7, 11) is -1.65. The van der Waals surface area contributed by atoms with E-state index in [4.69, 9.17) is 0 Å². The second kappa shape index (κ2) is 7.29. The zero-order valence-corrected chi connectivity index (χ0v) is 16.4. The molecule has 1 aromatic heterocycles. The van der Waals surface area contributed by atoms with E-state index in [1.165, 1.54) is 17.5 Å². The number of Topliss-reactive ketones (excluding diaryl/α,β-unsaturated/α-hetero) is 1. The summed E-state index contributed by atoms with van der Waals surface area (Å²) in [6, 6.07) is -0.0807. The number of ketones is 1. The zero-order chi connectivity index (χ0) is 18.9. The lowest BCUT2D eigenvalue weighted by atomic mass is 10.0. The minimum absolute atomic E-state index is 0.0434. The minimum atomic E-state index is -3.23. The predicted octanol–water partition coefficient (Wildman–Crippen LogP) is 1.58. The summed E-state index contributed by atoms with van der Waals surface area (Å²) in [4.78, 5) is 29.6. The van der Waals surface area contributed by atoms with Crippen molar-refractivity contribution >= 4 is 21.7 Å². The molecule has 0 saturated carbocycles. The number of piperidine rings is 1. The van der Waals surface area contributed by atoms with Gasteiger partial charge in [-0.3, -0.25) is 9.59 Å². The van der Waals surface area contributed by atoms with Crippen LogP contribution in [0.3, 0.4) is 0 Å². The monoisotopic (exact) mass is 369 g/mol. The molecule has 1 aliphatic heterocycles. The van der Waals surface area contributed by atoms with Crippen LogP contribution < -0.4 is 0 Å². The van der Waals surface area contributed by atoms with Gasteiger partial charge >= 0.3 is 0 Å². The lowest BCUT2D eigenvalue weighted by molar-refractivity contribution is 0.0680. The summed E-state index contributed by atoms with van der Waals surface area (Å²) in [6.45, 7) is 6.25. The number of aromatic amines is 1. The highest BCUT2D eigenvalue weighted by molar-refractivity contribution is 7.88. The average Bonchev–Trinajstić information content (AvgIpc) is 2.89. The Morgan fingerprint density at radius 2 is 1.84 bits per heavy atom. The molecular weight excluding hydrogens is 342 g/mol. The molecule has 1 fully saturated rings. The summed E-state index contributed by atoms with van der Waals surface area (Å²) < 4.78 is 24.7. The van der Waals surface area contributed by atoms with Crippen LogP contribution in [0.25, 0.3) is 0 Å². The SMILES string of the molecule is CCc1c(C(=O)N2CCC(N(C)S(C)(=O)=O)CC2)[nH]c(C)c1C(C)=O. The molecule has 0 aliphatic carbocycles. The van der Waals surface area contributed by atoms with E-state index in [9.17, 15) is 18.0 Å². The molecule has 1 aliphatic rings. The molecule has 0 spiro atoms. The Kier molecular flexibility index (Phi) is 5.73. The van der Waals surface area contributed by atoms with E-state index in [2.05, 4.69) is 4.98 Å². The number of carbonyl (C=O) groups excluding carboxylic acids is 2. The van der Waals surface area contributed by atoms with E-state index >= 15 is 0 Å². The molecule has 0 aromatic carbocycles. The molecule has 1 saturated heterocycles. The summed E-state index contributed by atoms with van der Waals surface area (Å²) in [6.07, 6.45) is 3.02. The van der Waals surface area contributed by atoms with E-state index in [1.807, 2.05) is 6.92 Å². The summed E-state index contributed by atoms with van der Waals surface area (Å²) in [5, 5.41) is 0. The van der Waals surface area contributed by atoms with Gasteiger partial charge in [-0.05, 0) is 38.7 Å². The van der Waals surface area contributed by atoms with E-state index in [1.54, 1.807) is 18.9 Å². The van der Waals surface area contributed by atoms with Crippen molar-refractivity contribution in [2.45, 2.75) is 46.1 Å². The fraction of sp³-hybridized carbons (Fsp3) is 0.647. The molecule has 0 radical (unpaired) electrons. The Balaban J connectivity index is 2.16. The maximum absolute atomic E-state index is 12.9. The number of rotatable bonds is 5. The molecular formula is C17H27N3O4S. The molecule has 140 valence electrons. The maximum atomic E-state index is 12.9. The van der Waals surface area contributed by atoms with Crippen LogP contribution in [-0.4, -0.2) is 66.7 Å². The Bertz CT molecular complexity index is 774. The number of carbonyl (C=O) groups is 2. The number of hydrogen-bond donors (Lipinski definition) is 1. The molecule has 7 nitrogen and oxygen atoms in total. The van der Waals surface area contributed by atoms with Crippen molar-refractivity contribution in [2.24, 2.45) is 0 Å². The first-order chi connectivity index (χ1) is 11.6. The van der Waals surface area contributed by atoms with Gasteiger partial charge in [0, 0.05) is 37.4 Å². The third kappa shape index (κ3) is 3.95. The first-order valence-corrected chi connectivity index (χ1v) is 10.4. The first-order valence-electron chi connectivity index (χ1n) is 8.52. The maximum Gasteiger partial charge on any atom is 0.270 e. The predicted molar refractivity (Wildman–Crippen MR) is 96.4 cm³/mol. The van der Waals surface area contributed by atoms with Crippen molar-refractivity contribution in [2.75, 3.05) is 26.4 Å². The molecule has 1 N–H and O–H groups in total. The molecule has 0 atom stereocenters.